The Balaban J connectivity index is 1.56. The molecule has 0 radical (unpaired) electrons. The number of nitrogens with zero attached hydrogens (tertiary/aromatic N) is 1. The fourth-order valence-electron chi connectivity index (χ4n) is 5.57. The van der Waals surface area contributed by atoms with Gasteiger partial charge in [-0.05, 0) is 70.3 Å². The quantitative estimate of drug-likeness (QED) is 0.743. The zero-order chi connectivity index (χ0) is 16.6. The maximum Gasteiger partial charge on any atom is 0.237 e. The molecule has 0 saturated heterocycles. The van der Waals surface area contributed by atoms with Crippen LogP contribution in [0.4, 0.5) is 0 Å². The summed E-state index contributed by atoms with van der Waals surface area (Å²) in [5.41, 5.74) is 0.0616. The van der Waals surface area contributed by atoms with E-state index < -0.39 is 6.10 Å². The largest absolute Gasteiger partial charge is 0.389 e. The first-order valence-corrected chi connectivity index (χ1v) is 9.10. The van der Waals surface area contributed by atoms with E-state index in [0.29, 0.717) is 13.2 Å². The van der Waals surface area contributed by atoms with Crippen LogP contribution in [0.2, 0.25) is 0 Å². The number of aliphatic hydroxyl groups excluding tert-OH is 1. The van der Waals surface area contributed by atoms with Crippen LogP contribution in [-0.2, 0) is 9.53 Å². The highest BCUT2D eigenvalue weighted by atomic mass is 16.5. The molecule has 5 nitrogen and oxygen atoms in total. The van der Waals surface area contributed by atoms with Gasteiger partial charge >= 0.3 is 0 Å². The number of nitrogens with one attached hydrogen (secondary N) is 1. The maximum absolute atomic E-state index is 12.7. The lowest BCUT2D eigenvalue weighted by molar-refractivity contribution is -0.131. The summed E-state index contributed by atoms with van der Waals surface area (Å²) in [5.74, 6) is 2.60. The summed E-state index contributed by atoms with van der Waals surface area (Å²) in [4.78, 5) is 14.7. The van der Waals surface area contributed by atoms with Crippen molar-refractivity contribution in [2.45, 2.75) is 63.1 Å². The average molecular weight is 324 g/mol. The van der Waals surface area contributed by atoms with Crippen LogP contribution < -0.4 is 5.32 Å². The first kappa shape index (κ1) is 17.2. The standard InChI is InChI=1S/C18H32N2O3/c1-12(20(2)10-16(21)11-23-3)17(22)19-18-7-13-4-14(8-18)6-15(5-13)9-18/h12-16,21H,4-11H2,1-3H3,(H,19,22). The topological polar surface area (TPSA) is 61.8 Å². The van der Waals surface area contributed by atoms with Crippen LogP contribution in [0.1, 0.15) is 45.4 Å². The smallest absolute Gasteiger partial charge is 0.237 e. The van der Waals surface area contributed by atoms with Gasteiger partial charge < -0.3 is 15.2 Å². The number of rotatable bonds is 7. The number of aliphatic hydroxyl groups is 1. The van der Waals surface area contributed by atoms with Crippen molar-refractivity contribution in [3.05, 3.63) is 0 Å². The van der Waals surface area contributed by atoms with Crippen molar-refractivity contribution in [1.29, 1.82) is 0 Å². The molecule has 2 unspecified atom stereocenters. The van der Waals surface area contributed by atoms with Crippen LogP contribution in [0.5, 0.6) is 0 Å². The monoisotopic (exact) mass is 324 g/mol. The van der Waals surface area contributed by atoms with Gasteiger partial charge in [-0.25, -0.2) is 0 Å². The molecular formula is C18H32N2O3. The van der Waals surface area contributed by atoms with E-state index in [4.69, 9.17) is 4.74 Å². The lowest BCUT2D eigenvalue weighted by atomic mass is 9.53. The summed E-state index contributed by atoms with van der Waals surface area (Å²) in [6.07, 6.45) is 7.11. The molecule has 2 N–H and O–H groups in total. The molecule has 0 heterocycles. The van der Waals surface area contributed by atoms with E-state index in [1.807, 2.05) is 18.9 Å². The molecule has 4 fully saturated rings. The molecule has 4 aliphatic rings. The molecule has 5 heteroatoms. The predicted molar refractivity (Wildman–Crippen MR) is 89.0 cm³/mol. The average Bonchev–Trinajstić information content (AvgIpc) is 2.44. The van der Waals surface area contributed by atoms with Gasteiger partial charge in [-0.15, -0.1) is 0 Å². The number of carbonyl (C=O) groups is 1. The van der Waals surface area contributed by atoms with Gasteiger partial charge in [0.15, 0.2) is 0 Å². The van der Waals surface area contributed by atoms with Gasteiger partial charge in [-0.3, -0.25) is 9.69 Å². The first-order valence-electron chi connectivity index (χ1n) is 9.10. The van der Waals surface area contributed by atoms with Crippen LogP contribution >= 0.6 is 0 Å². The Morgan fingerprint density at radius 2 is 1.78 bits per heavy atom. The molecule has 4 rings (SSSR count). The number of methoxy groups -OCH3 is 1. The maximum atomic E-state index is 12.7. The Morgan fingerprint density at radius 1 is 1.26 bits per heavy atom. The molecule has 4 saturated carbocycles. The van der Waals surface area contributed by atoms with Gasteiger partial charge in [0.2, 0.25) is 5.91 Å². The number of carbonyl (C=O) groups excluding carboxylic acids is 1. The zero-order valence-corrected chi connectivity index (χ0v) is 14.8. The second kappa shape index (κ2) is 6.69. The number of amides is 1. The van der Waals surface area contributed by atoms with Gasteiger partial charge in [-0.2, -0.15) is 0 Å². The Hall–Kier alpha value is -0.650. The normalized spacial score (nSPS) is 37.9. The molecule has 23 heavy (non-hydrogen) atoms. The molecule has 0 aromatic heterocycles. The summed E-state index contributed by atoms with van der Waals surface area (Å²) in [6.45, 7) is 2.67. The summed E-state index contributed by atoms with van der Waals surface area (Å²) in [5, 5.41) is 13.3. The van der Waals surface area contributed by atoms with Crippen molar-refractivity contribution in [3.63, 3.8) is 0 Å². The van der Waals surface area contributed by atoms with Gasteiger partial charge in [0, 0.05) is 19.2 Å². The molecule has 0 aromatic rings. The van der Waals surface area contributed by atoms with E-state index in [0.717, 1.165) is 17.8 Å². The minimum Gasteiger partial charge on any atom is -0.389 e. The fourth-order valence-corrected chi connectivity index (χ4v) is 5.57. The minimum atomic E-state index is -0.556. The second-order valence-corrected chi connectivity index (χ2v) is 8.41. The van der Waals surface area contributed by atoms with Crippen LogP contribution in [-0.4, -0.2) is 60.9 Å². The molecule has 132 valence electrons. The molecule has 2 atom stereocenters. The lowest BCUT2D eigenvalue weighted by Crippen LogP contribution is -2.62. The Morgan fingerprint density at radius 3 is 2.26 bits per heavy atom. The van der Waals surface area contributed by atoms with Gasteiger partial charge in [-0.1, -0.05) is 0 Å². The molecule has 0 aromatic carbocycles. The summed E-state index contributed by atoms with van der Waals surface area (Å²) in [6, 6.07) is -0.227. The zero-order valence-electron chi connectivity index (χ0n) is 14.8. The first-order chi connectivity index (χ1) is 10.9. The number of hydrogen-bond acceptors (Lipinski definition) is 4. The molecule has 4 aliphatic carbocycles. The lowest BCUT2D eigenvalue weighted by Gasteiger charge is -2.57. The third kappa shape index (κ3) is 3.72. The van der Waals surface area contributed by atoms with E-state index in [2.05, 4.69) is 5.32 Å². The third-order valence-corrected chi connectivity index (χ3v) is 6.32. The highest BCUT2D eigenvalue weighted by Crippen LogP contribution is 2.55. The number of ether oxygens (including phenoxy) is 1. The van der Waals surface area contributed by atoms with Crippen LogP contribution in [0, 0.1) is 17.8 Å². The molecule has 0 spiro atoms. The molecular weight excluding hydrogens is 292 g/mol. The SMILES string of the molecule is COCC(O)CN(C)C(C)C(=O)NC12CC3CC(CC(C3)C1)C2. The highest BCUT2D eigenvalue weighted by molar-refractivity contribution is 5.82. The Labute approximate surface area is 139 Å². The van der Waals surface area contributed by atoms with Crippen molar-refractivity contribution >= 4 is 5.91 Å². The van der Waals surface area contributed by atoms with E-state index in [1.54, 1.807) is 7.11 Å². The van der Waals surface area contributed by atoms with Crippen LogP contribution in [0.15, 0.2) is 0 Å². The predicted octanol–water partition coefficient (Wildman–Crippen LogP) is 1.40. The van der Waals surface area contributed by atoms with Crippen LogP contribution in [0.3, 0.4) is 0 Å². The van der Waals surface area contributed by atoms with Gasteiger partial charge in [0.25, 0.3) is 0 Å². The summed E-state index contributed by atoms with van der Waals surface area (Å²) >= 11 is 0. The number of hydrogen-bond donors (Lipinski definition) is 2. The van der Waals surface area contributed by atoms with Gasteiger partial charge in [0.1, 0.15) is 0 Å². The second-order valence-electron chi connectivity index (χ2n) is 8.41. The molecule has 4 bridgehead atoms. The summed E-state index contributed by atoms with van der Waals surface area (Å²) in [7, 11) is 3.47. The summed E-state index contributed by atoms with van der Waals surface area (Å²) < 4.78 is 4.96. The van der Waals surface area contributed by atoms with Crippen molar-refractivity contribution in [2.24, 2.45) is 17.8 Å². The van der Waals surface area contributed by atoms with Crippen molar-refractivity contribution in [1.82, 2.24) is 10.2 Å². The number of likely N-dealkylation sites (N-methyl/N-ethyl adjacent to an activating group) is 1. The van der Waals surface area contributed by atoms with Crippen molar-refractivity contribution < 1.29 is 14.6 Å². The van der Waals surface area contributed by atoms with E-state index in [1.165, 1.54) is 38.5 Å². The molecule has 0 aliphatic heterocycles. The fraction of sp³-hybridized carbons (Fsp3) is 0.944. The highest BCUT2D eigenvalue weighted by Gasteiger charge is 2.51. The third-order valence-electron chi connectivity index (χ3n) is 6.32. The van der Waals surface area contributed by atoms with Crippen molar-refractivity contribution in [2.75, 3.05) is 27.3 Å². The minimum absolute atomic E-state index is 0.0616. The van der Waals surface area contributed by atoms with Gasteiger partial charge in [0.05, 0.1) is 18.8 Å². The van der Waals surface area contributed by atoms with E-state index in [-0.39, 0.29) is 17.5 Å². The van der Waals surface area contributed by atoms with Crippen molar-refractivity contribution in [3.8, 4) is 0 Å². The Kier molecular flexibility index (Phi) is 5.00. The van der Waals surface area contributed by atoms with E-state index >= 15 is 0 Å². The molecule has 1 amide bonds. The van der Waals surface area contributed by atoms with E-state index in [9.17, 15) is 9.90 Å². The Bertz CT molecular complexity index is 405. The van der Waals surface area contributed by atoms with Crippen LogP contribution in [0.25, 0.3) is 0 Å².